The van der Waals surface area contributed by atoms with E-state index < -0.39 is 5.97 Å². The molecule has 0 aliphatic heterocycles. The highest BCUT2D eigenvalue weighted by molar-refractivity contribution is 7.99. The average Bonchev–Trinajstić information content (AvgIpc) is 3.16. The lowest BCUT2D eigenvalue weighted by molar-refractivity contribution is -0.120. The summed E-state index contributed by atoms with van der Waals surface area (Å²) in [5.41, 5.74) is 1.36. The van der Waals surface area contributed by atoms with Crippen molar-refractivity contribution in [3.8, 4) is 5.75 Å². The standard InChI is InChI=1S/C22H23N5O5S/c1-27-18(12-23-19(28)10-14-6-8-17(32-2)9-7-14)25-26-22(27)33-13-20(29)24-16-5-3-4-15(11-16)21(30)31/h3-9,11H,10,12-13H2,1-2H3,(H,23,28)(H,24,29)(H,30,31). The molecule has 0 fully saturated rings. The van der Waals surface area contributed by atoms with Crippen LogP contribution in [0.1, 0.15) is 21.7 Å². The number of thioether (sulfide) groups is 1. The normalized spacial score (nSPS) is 10.5. The summed E-state index contributed by atoms with van der Waals surface area (Å²) in [6.07, 6.45) is 0.229. The zero-order chi connectivity index (χ0) is 23.8. The van der Waals surface area contributed by atoms with Gasteiger partial charge in [-0.25, -0.2) is 4.79 Å². The summed E-state index contributed by atoms with van der Waals surface area (Å²) in [7, 11) is 3.34. The Morgan fingerprint density at radius 1 is 1.09 bits per heavy atom. The van der Waals surface area contributed by atoms with Gasteiger partial charge in [-0.15, -0.1) is 10.2 Å². The second-order valence-corrected chi connectivity index (χ2v) is 7.92. The van der Waals surface area contributed by atoms with Crippen molar-refractivity contribution in [2.24, 2.45) is 7.05 Å². The quantitative estimate of drug-likeness (QED) is 0.384. The van der Waals surface area contributed by atoms with Gasteiger partial charge in [0.2, 0.25) is 11.8 Å². The van der Waals surface area contributed by atoms with Crippen LogP contribution in [0, 0.1) is 0 Å². The van der Waals surface area contributed by atoms with E-state index in [-0.39, 0.29) is 36.1 Å². The molecule has 172 valence electrons. The molecule has 0 saturated carbocycles. The van der Waals surface area contributed by atoms with Crippen molar-refractivity contribution in [2.45, 2.75) is 18.1 Å². The zero-order valence-electron chi connectivity index (χ0n) is 18.1. The number of carbonyl (C=O) groups is 3. The van der Waals surface area contributed by atoms with Gasteiger partial charge in [0, 0.05) is 12.7 Å². The Morgan fingerprint density at radius 2 is 1.85 bits per heavy atom. The molecular formula is C22H23N5O5S. The Kier molecular flexibility index (Phi) is 8.03. The predicted molar refractivity (Wildman–Crippen MR) is 122 cm³/mol. The third kappa shape index (κ3) is 6.81. The van der Waals surface area contributed by atoms with E-state index in [4.69, 9.17) is 9.84 Å². The molecule has 0 spiro atoms. The van der Waals surface area contributed by atoms with E-state index in [0.29, 0.717) is 16.7 Å². The number of aromatic carboxylic acids is 1. The van der Waals surface area contributed by atoms with Crippen LogP contribution in [0.25, 0.3) is 0 Å². The molecule has 0 atom stereocenters. The van der Waals surface area contributed by atoms with Gasteiger partial charge in [0.15, 0.2) is 11.0 Å². The smallest absolute Gasteiger partial charge is 0.335 e. The maximum atomic E-state index is 12.2. The monoisotopic (exact) mass is 469 g/mol. The first-order chi connectivity index (χ1) is 15.9. The molecule has 0 aliphatic rings. The number of carboxylic acids is 1. The van der Waals surface area contributed by atoms with Crippen molar-refractivity contribution >= 4 is 35.2 Å². The number of ether oxygens (including phenoxy) is 1. The van der Waals surface area contributed by atoms with Gasteiger partial charge in [0.1, 0.15) is 5.75 Å². The molecule has 0 radical (unpaired) electrons. The summed E-state index contributed by atoms with van der Waals surface area (Å²) in [6, 6.07) is 13.3. The Hall–Kier alpha value is -3.86. The molecule has 2 amide bonds. The van der Waals surface area contributed by atoms with Crippen LogP contribution in [0.4, 0.5) is 5.69 Å². The van der Waals surface area contributed by atoms with Crippen LogP contribution in [0.3, 0.4) is 0 Å². The number of rotatable bonds is 10. The molecule has 10 nitrogen and oxygen atoms in total. The van der Waals surface area contributed by atoms with Crippen LogP contribution in [-0.2, 0) is 29.6 Å². The van der Waals surface area contributed by atoms with Crippen LogP contribution >= 0.6 is 11.8 Å². The molecule has 1 heterocycles. The fourth-order valence-corrected chi connectivity index (χ4v) is 3.58. The van der Waals surface area contributed by atoms with E-state index >= 15 is 0 Å². The van der Waals surface area contributed by atoms with Crippen LogP contribution in [0.15, 0.2) is 53.7 Å². The molecule has 0 saturated heterocycles. The van der Waals surface area contributed by atoms with Gasteiger partial charge in [0.05, 0.1) is 31.4 Å². The summed E-state index contributed by atoms with van der Waals surface area (Å²) in [4.78, 5) is 35.5. The third-order valence-electron chi connectivity index (χ3n) is 4.62. The molecule has 0 unspecified atom stereocenters. The largest absolute Gasteiger partial charge is 0.497 e. The summed E-state index contributed by atoms with van der Waals surface area (Å²) in [5.74, 6) is -0.183. The Balaban J connectivity index is 1.47. The lowest BCUT2D eigenvalue weighted by Gasteiger charge is -2.07. The minimum absolute atomic E-state index is 0.0626. The molecule has 3 N–H and O–H groups in total. The van der Waals surface area contributed by atoms with Gasteiger partial charge in [0.25, 0.3) is 0 Å². The summed E-state index contributed by atoms with van der Waals surface area (Å²) in [5, 5.41) is 23.2. The summed E-state index contributed by atoms with van der Waals surface area (Å²) in [6.45, 7) is 0.202. The minimum atomic E-state index is -1.07. The summed E-state index contributed by atoms with van der Waals surface area (Å²) >= 11 is 1.18. The van der Waals surface area contributed by atoms with Gasteiger partial charge < -0.3 is 25.0 Å². The molecule has 2 aromatic carbocycles. The molecular weight excluding hydrogens is 446 g/mol. The van der Waals surface area contributed by atoms with Gasteiger partial charge >= 0.3 is 5.97 Å². The number of carbonyl (C=O) groups excluding carboxylic acids is 2. The van der Waals surface area contributed by atoms with Gasteiger partial charge in [-0.2, -0.15) is 0 Å². The van der Waals surface area contributed by atoms with Crippen molar-refractivity contribution in [1.82, 2.24) is 20.1 Å². The number of methoxy groups -OCH3 is 1. The summed E-state index contributed by atoms with van der Waals surface area (Å²) < 4.78 is 6.81. The molecule has 3 aromatic rings. The van der Waals surface area contributed by atoms with Crippen molar-refractivity contribution in [1.29, 1.82) is 0 Å². The lowest BCUT2D eigenvalue weighted by Crippen LogP contribution is -2.26. The maximum Gasteiger partial charge on any atom is 0.335 e. The fourth-order valence-electron chi connectivity index (χ4n) is 2.85. The number of benzene rings is 2. The Bertz CT molecular complexity index is 1150. The fraction of sp³-hybridized carbons (Fsp3) is 0.227. The molecule has 1 aromatic heterocycles. The SMILES string of the molecule is COc1ccc(CC(=O)NCc2nnc(SCC(=O)Nc3cccc(C(=O)O)c3)n2C)cc1. The number of nitrogens with one attached hydrogen (secondary N) is 2. The van der Waals surface area contributed by atoms with Crippen molar-refractivity contribution < 1.29 is 24.2 Å². The number of nitrogens with zero attached hydrogens (tertiary/aromatic N) is 3. The van der Waals surface area contributed by atoms with Crippen molar-refractivity contribution in [3.63, 3.8) is 0 Å². The average molecular weight is 470 g/mol. The number of amides is 2. The van der Waals surface area contributed by atoms with E-state index in [2.05, 4.69) is 20.8 Å². The zero-order valence-corrected chi connectivity index (χ0v) is 18.9. The van der Waals surface area contributed by atoms with Gasteiger partial charge in [-0.1, -0.05) is 30.0 Å². The molecule has 3 rings (SSSR count). The van der Waals surface area contributed by atoms with Gasteiger partial charge in [-0.3, -0.25) is 9.59 Å². The second-order valence-electron chi connectivity index (χ2n) is 6.98. The molecule has 0 aliphatic carbocycles. The van der Waals surface area contributed by atoms with Crippen molar-refractivity contribution in [3.05, 3.63) is 65.5 Å². The number of aromatic nitrogens is 3. The molecule has 33 heavy (non-hydrogen) atoms. The Labute approximate surface area is 194 Å². The highest BCUT2D eigenvalue weighted by atomic mass is 32.2. The Morgan fingerprint density at radius 3 is 2.55 bits per heavy atom. The lowest BCUT2D eigenvalue weighted by atomic mass is 10.1. The predicted octanol–water partition coefficient (Wildman–Crippen LogP) is 2.11. The van der Waals surface area contributed by atoms with E-state index in [1.807, 2.05) is 12.1 Å². The van der Waals surface area contributed by atoms with E-state index in [1.54, 1.807) is 43.0 Å². The highest BCUT2D eigenvalue weighted by Gasteiger charge is 2.13. The number of anilines is 1. The van der Waals surface area contributed by atoms with Crippen LogP contribution in [-0.4, -0.2) is 50.5 Å². The first-order valence-corrected chi connectivity index (χ1v) is 10.9. The van der Waals surface area contributed by atoms with Crippen LogP contribution in [0.5, 0.6) is 5.75 Å². The maximum absolute atomic E-state index is 12.2. The number of hydrogen-bond donors (Lipinski definition) is 3. The number of hydrogen-bond acceptors (Lipinski definition) is 7. The van der Waals surface area contributed by atoms with E-state index in [1.165, 1.54) is 23.9 Å². The van der Waals surface area contributed by atoms with E-state index in [0.717, 1.165) is 11.3 Å². The molecule has 11 heteroatoms. The minimum Gasteiger partial charge on any atom is -0.497 e. The van der Waals surface area contributed by atoms with Crippen LogP contribution < -0.4 is 15.4 Å². The van der Waals surface area contributed by atoms with E-state index in [9.17, 15) is 14.4 Å². The van der Waals surface area contributed by atoms with Crippen LogP contribution in [0.2, 0.25) is 0 Å². The molecule has 0 bridgehead atoms. The topological polar surface area (TPSA) is 135 Å². The van der Waals surface area contributed by atoms with Gasteiger partial charge in [-0.05, 0) is 35.9 Å². The third-order valence-corrected chi connectivity index (χ3v) is 5.64. The van der Waals surface area contributed by atoms with Crippen molar-refractivity contribution in [2.75, 3.05) is 18.2 Å². The first-order valence-electron chi connectivity index (χ1n) is 9.89. The highest BCUT2D eigenvalue weighted by Crippen LogP contribution is 2.17. The number of carboxylic acid groups (broad SMARTS) is 1. The second kappa shape index (κ2) is 11.1. The first kappa shape index (κ1) is 23.8.